The van der Waals surface area contributed by atoms with E-state index in [0.717, 1.165) is 57.1 Å². The molecule has 3 N–H and O–H groups in total. The zero-order valence-electron chi connectivity index (χ0n) is 13.2. The largest absolute Gasteiger partial charge is 0.492 e. The first kappa shape index (κ1) is 20.4. The average Bonchev–Trinajstić information content (AvgIpc) is 2.55. The maximum atomic E-state index is 5.60. The molecule has 1 saturated heterocycles. The van der Waals surface area contributed by atoms with E-state index in [0.29, 0.717) is 6.61 Å². The molecule has 0 atom stereocenters. The van der Waals surface area contributed by atoms with Crippen LogP contribution in [-0.2, 0) is 0 Å². The van der Waals surface area contributed by atoms with E-state index in [1.54, 1.807) is 6.20 Å². The summed E-state index contributed by atoms with van der Waals surface area (Å²) in [5, 5.41) is 3.33. The van der Waals surface area contributed by atoms with E-state index < -0.39 is 0 Å². The van der Waals surface area contributed by atoms with Crippen molar-refractivity contribution in [2.75, 3.05) is 44.2 Å². The number of unbranched alkanes of at least 4 members (excludes halogenated alkanes) is 1. The quantitative estimate of drug-likeness (QED) is 0.558. The monoisotopic (exact) mass is 410 g/mol. The molecule has 124 valence electrons. The van der Waals surface area contributed by atoms with Crippen LogP contribution in [0.4, 0.5) is 5.82 Å². The summed E-state index contributed by atoms with van der Waals surface area (Å²) in [6.45, 7) is 9.53. The van der Waals surface area contributed by atoms with Crippen molar-refractivity contribution in [2.24, 2.45) is 5.73 Å². The van der Waals surface area contributed by atoms with Crippen LogP contribution >= 0.6 is 24.0 Å². The van der Waals surface area contributed by atoms with Gasteiger partial charge in [0.1, 0.15) is 11.6 Å². The third kappa shape index (κ3) is 7.82. The van der Waals surface area contributed by atoms with Gasteiger partial charge in [0.15, 0.2) is 0 Å². The van der Waals surface area contributed by atoms with Gasteiger partial charge in [0.25, 0.3) is 0 Å². The smallest absolute Gasteiger partial charge is 0.137 e. The standard InChI is InChI=1S/C13H22N4O.C2H6.HI.H2/c14-5-1-2-10-18-12-3-4-13(16-11-12)17-8-6-15-7-9-17;1-2;;/h3-4,11,15H,1-2,5-10,14H2;1-2H3;2*1H. The average molecular weight is 410 g/mol. The molecule has 5 nitrogen and oxygen atoms in total. The molecule has 0 amide bonds. The van der Waals surface area contributed by atoms with Crippen LogP contribution in [0, 0.1) is 0 Å². The van der Waals surface area contributed by atoms with Gasteiger partial charge in [-0.2, -0.15) is 0 Å². The Kier molecular flexibility index (Phi) is 12.7. The van der Waals surface area contributed by atoms with E-state index in [4.69, 9.17) is 10.5 Å². The Morgan fingerprint density at radius 3 is 2.57 bits per heavy atom. The molecule has 0 spiro atoms. The molecule has 0 aromatic carbocycles. The summed E-state index contributed by atoms with van der Waals surface area (Å²) in [6, 6.07) is 4.02. The van der Waals surface area contributed by atoms with Gasteiger partial charge in [-0.05, 0) is 31.5 Å². The maximum absolute atomic E-state index is 5.60. The number of halogens is 1. The van der Waals surface area contributed by atoms with Gasteiger partial charge in [0.05, 0.1) is 12.8 Å². The van der Waals surface area contributed by atoms with Crippen LogP contribution in [0.1, 0.15) is 28.1 Å². The SMILES string of the molecule is CC.I.NCCCCOc1ccc(N2CCNCC2)nc1.[HH]. The van der Waals surface area contributed by atoms with E-state index in [-0.39, 0.29) is 25.4 Å². The Morgan fingerprint density at radius 2 is 2.00 bits per heavy atom. The van der Waals surface area contributed by atoms with Crippen LogP contribution in [0.5, 0.6) is 5.75 Å². The summed E-state index contributed by atoms with van der Waals surface area (Å²) in [5.74, 6) is 1.87. The number of aromatic nitrogens is 1. The van der Waals surface area contributed by atoms with Gasteiger partial charge in [-0.3, -0.25) is 0 Å². The molecule has 0 saturated carbocycles. The van der Waals surface area contributed by atoms with E-state index in [9.17, 15) is 0 Å². The molecular weight excluding hydrogens is 379 g/mol. The zero-order valence-corrected chi connectivity index (χ0v) is 15.5. The van der Waals surface area contributed by atoms with Crippen molar-refractivity contribution in [3.05, 3.63) is 18.3 Å². The van der Waals surface area contributed by atoms with Gasteiger partial charge in [-0.15, -0.1) is 24.0 Å². The third-order valence-electron chi connectivity index (χ3n) is 3.03. The summed E-state index contributed by atoms with van der Waals surface area (Å²) in [6.07, 6.45) is 3.81. The van der Waals surface area contributed by atoms with Crippen LogP contribution < -0.4 is 20.7 Å². The predicted octanol–water partition coefficient (Wildman–Crippen LogP) is 2.50. The lowest BCUT2D eigenvalue weighted by atomic mass is 10.3. The fourth-order valence-corrected chi connectivity index (χ4v) is 1.98. The number of anilines is 1. The molecule has 0 unspecified atom stereocenters. The van der Waals surface area contributed by atoms with Gasteiger partial charge in [0, 0.05) is 27.6 Å². The topological polar surface area (TPSA) is 63.4 Å². The molecule has 21 heavy (non-hydrogen) atoms. The Hall–Kier alpha value is -0.600. The van der Waals surface area contributed by atoms with Crippen molar-refractivity contribution in [1.29, 1.82) is 0 Å². The van der Waals surface area contributed by atoms with Crippen LogP contribution in [0.3, 0.4) is 0 Å². The molecule has 0 aliphatic carbocycles. The highest BCUT2D eigenvalue weighted by Crippen LogP contribution is 2.16. The van der Waals surface area contributed by atoms with E-state index >= 15 is 0 Å². The summed E-state index contributed by atoms with van der Waals surface area (Å²) in [4.78, 5) is 6.74. The van der Waals surface area contributed by atoms with Gasteiger partial charge >= 0.3 is 0 Å². The maximum Gasteiger partial charge on any atom is 0.137 e. The lowest BCUT2D eigenvalue weighted by molar-refractivity contribution is 0.306. The second kappa shape index (κ2) is 13.1. The number of nitrogens with two attached hydrogens (primary N) is 1. The first-order valence-corrected chi connectivity index (χ1v) is 7.65. The highest BCUT2D eigenvalue weighted by Gasteiger charge is 2.11. The fourth-order valence-electron chi connectivity index (χ4n) is 1.98. The normalized spacial score (nSPS) is 13.8. The van der Waals surface area contributed by atoms with Crippen molar-refractivity contribution < 1.29 is 6.16 Å². The van der Waals surface area contributed by atoms with Crippen molar-refractivity contribution in [3.8, 4) is 5.75 Å². The third-order valence-corrected chi connectivity index (χ3v) is 3.03. The van der Waals surface area contributed by atoms with Crippen molar-refractivity contribution in [1.82, 2.24) is 10.3 Å². The summed E-state index contributed by atoms with van der Waals surface area (Å²) >= 11 is 0. The minimum absolute atomic E-state index is 0. The van der Waals surface area contributed by atoms with Crippen molar-refractivity contribution in [2.45, 2.75) is 26.7 Å². The molecule has 1 aromatic rings. The highest BCUT2D eigenvalue weighted by molar-refractivity contribution is 14.0. The molecule has 2 rings (SSSR count). The molecular formula is C15H31IN4O. The number of pyridine rings is 1. The van der Waals surface area contributed by atoms with E-state index in [1.165, 1.54) is 0 Å². The van der Waals surface area contributed by atoms with Gasteiger partial charge in [-0.1, -0.05) is 13.8 Å². The number of hydrogen-bond acceptors (Lipinski definition) is 5. The number of nitrogens with one attached hydrogen (secondary N) is 1. The van der Waals surface area contributed by atoms with E-state index in [2.05, 4.69) is 15.2 Å². The number of rotatable bonds is 6. The lowest BCUT2D eigenvalue weighted by Gasteiger charge is -2.28. The molecule has 2 heterocycles. The molecule has 0 bridgehead atoms. The molecule has 1 fully saturated rings. The minimum Gasteiger partial charge on any atom is -0.492 e. The molecule has 1 aliphatic rings. The number of piperazine rings is 1. The molecule has 1 aliphatic heterocycles. The Bertz CT molecular complexity index is 348. The summed E-state index contributed by atoms with van der Waals surface area (Å²) in [5.41, 5.74) is 5.43. The second-order valence-corrected chi connectivity index (χ2v) is 4.43. The summed E-state index contributed by atoms with van der Waals surface area (Å²) < 4.78 is 5.60. The lowest BCUT2D eigenvalue weighted by Crippen LogP contribution is -2.43. The highest BCUT2D eigenvalue weighted by atomic mass is 127. The zero-order chi connectivity index (χ0) is 14.6. The van der Waals surface area contributed by atoms with E-state index in [1.807, 2.05) is 26.0 Å². The first-order valence-electron chi connectivity index (χ1n) is 7.65. The van der Waals surface area contributed by atoms with Crippen molar-refractivity contribution in [3.63, 3.8) is 0 Å². The van der Waals surface area contributed by atoms with Crippen LogP contribution in [-0.4, -0.2) is 44.3 Å². The first-order chi connectivity index (χ1) is 9.90. The Labute approximate surface area is 147 Å². The Morgan fingerprint density at radius 1 is 1.29 bits per heavy atom. The second-order valence-electron chi connectivity index (χ2n) is 4.43. The number of hydrogen-bond donors (Lipinski definition) is 2. The van der Waals surface area contributed by atoms with Crippen LogP contribution in [0.2, 0.25) is 0 Å². The van der Waals surface area contributed by atoms with Gasteiger partial charge < -0.3 is 20.7 Å². The summed E-state index contributed by atoms with van der Waals surface area (Å²) in [7, 11) is 0. The fraction of sp³-hybridized carbons (Fsp3) is 0.667. The van der Waals surface area contributed by atoms with Gasteiger partial charge in [-0.25, -0.2) is 4.98 Å². The number of nitrogens with zero attached hydrogens (tertiary/aromatic N) is 2. The molecule has 6 heteroatoms. The van der Waals surface area contributed by atoms with Gasteiger partial charge in [0.2, 0.25) is 0 Å². The molecule has 1 aromatic heterocycles. The van der Waals surface area contributed by atoms with Crippen LogP contribution in [0.25, 0.3) is 0 Å². The Balaban J connectivity index is 0. The van der Waals surface area contributed by atoms with Crippen molar-refractivity contribution >= 4 is 29.8 Å². The predicted molar refractivity (Wildman–Crippen MR) is 102 cm³/mol. The molecule has 0 radical (unpaired) electrons. The minimum atomic E-state index is 0. The number of ether oxygens (including phenoxy) is 1. The van der Waals surface area contributed by atoms with Crippen LogP contribution in [0.15, 0.2) is 18.3 Å².